The number of amides is 2. The minimum Gasteiger partial charge on any atom is -0.490 e. The Labute approximate surface area is 135 Å². The molecule has 0 fully saturated rings. The molecule has 0 heterocycles. The minimum absolute atomic E-state index is 0.0178. The van der Waals surface area contributed by atoms with E-state index >= 15 is 0 Å². The van der Waals surface area contributed by atoms with E-state index in [9.17, 15) is 9.59 Å². The molecule has 2 amide bonds. The number of hydrogen-bond donors (Lipinski definition) is 2. The van der Waals surface area contributed by atoms with Crippen LogP contribution in [0.5, 0.6) is 5.75 Å². The van der Waals surface area contributed by atoms with Crippen molar-refractivity contribution >= 4 is 17.5 Å². The van der Waals surface area contributed by atoms with E-state index in [0.29, 0.717) is 22.6 Å². The molecule has 0 radical (unpaired) electrons. The molecule has 0 spiro atoms. The van der Waals surface area contributed by atoms with Crippen molar-refractivity contribution in [3.63, 3.8) is 0 Å². The number of carbonyl (C=O) groups is 2. The zero-order valence-electron chi connectivity index (χ0n) is 13.4. The summed E-state index contributed by atoms with van der Waals surface area (Å²) in [7, 11) is 1.57. The summed E-state index contributed by atoms with van der Waals surface area (Å²) >= 11 is 0. The molecule has 2 aromatic carbocycles. The Balaban J connectivity index is 2.15. The van der Waals surface area contributed by atoms with Gasteiger partial charge in [-0.25, -0.2) is 0 Å². The lowest BCUT2D eigenvalue weighted by Crippen LogP contribution is -2.18. The molecule has 0 aliphatic carbocycles. The average molecular weight is 312 g/mol. The molecule has 0 aliphatic heterocycles. The van der Waals surface area contributed by atoms with Gasteiger partial charge in [-0.2, -0.15) is 0 Å². The van der Waals surface area contributed by atoms with Crippen molar-refractivity contribution in [3.8, 4) is 5.75 Å². The molecule has 0 atom stereocenters. The van der Waals surface area contributed by atoms with Crippen LogP contribution < -0.4 is 15.4 Å². The van der Waals surface area contributed by atoms with Crippen LogP contribution in [0.2, 0.25) is 0 Å². The van der Waals surface area contributed by atoms with Gasteiger partial charge in [0.2, 0.25) is 0 Å². The number of nitrogens with one attached hydrogen (secondary N) is 2. The summed E-state index contributed by atoms with van der Waals surface area (Å²) in [6, 6.07) is 13.8. The molecule has 0 aliphatic rings. The van der Waals surface area contributed by atoms with E-state index in [-0.39, 0.29) is 17.9 Å². The third kappa shape index (κ3) is 4.32. The third-order valence-corrected chi connectivity index (χ3v) is 3.13. The summed E-state index contributed by atoms with van der Waals surface area (Å²) in [6.07, 6.45) is -0.0178. The van der Waals surface area contributed by atoms with Crippen molar-refractivity contribution in [1.29, 1.82) is 0 Å². The number of benzene rings is 2. The van der Waals surface area contributed by atoms with Crippen molar-refractivity contribution in [2.75, 3.05) is 12.4 Å². The number of para-hydroxylation sites is 1. The molecule has 2 N–H and O–H groups in total. The standard InChI is InChI=1S/C18H20N2O3/c1-12(2)23-16-7-5-4-6-15(16)18(22)20-14-10-8-13(9-11-14)17(21)19-3/h4-12H,1-3H3,(H,19,21)(H,20,22). The molecular formula is C18H20N2O3. The number of ether oxygens (including phenoxy) is 1. The molecule has 0 bridgehead atoms. The van der Waals surface area contributed by atoms with Gasteiger partial charge >= 0.3 is 0 Å². The van der Waals surface area contributed by atoms with E-state index in [1.54, 1.807) is 49.5 Å². The zero-order chi connectivity index (χ0) is 16.8. The summed E-state index contributed by atoms with van der Waals surface area (Å²) in [5.41, 5.74) is 1.62. The molecule has 0 unspecified atom stereocenters. The fourth-order valence-corrected chi connectivity index (χ4v) is 2.06. The first-order valence-corrected chi connectivity index (χ1v) is 7.40. The summed E-state index contributed by atoms with van der Waals surface area (Å²) in [5.74, 6) is 0.120. The first-order chi connectivity index (χ1) is 11.0. The number of carbonyl (C=O) groups excluding carboxylic acids is 2. The number of hydrogen-bond acceptors (Lipinski definition) is 3. The minimum atomic E-state index is -0.256. The van der Waals surface area contributed by atoms with Crippen LogP contribution >= 0.6 is 0 Å². The second-order valence-corrected chi connectivity index (χ2v) is 5.27. The molecule has 5 nitrogen and oxygen atoms in total. The van der Waals surface area contributed by atoms with Gasteiger partial charge in [-0.05, 0) is 50.2 Å². The van der Waals surface area contributed by atoms with Gasteiger partial charge in [0.15, 0.2) is 0 Å². The molecule has 23 heavy (non-hydrogen) atoms. The topological polar surface area (TPSA) is 67.4 Å². The molecule has 0 aromatic heterocycles. The summed E-state index contributed by atoms with van der Waals surface area (Å²) in [5, 5.41) is 5.36. The normalized spacial score (nSPS) is 10.3. The second kappa shape index (κ2) is 7.45. The Kier molecular flexibility index (Phi) is 5.36. The van der Waals surface area contributed by atoms with Gasteiger partial charge in [0.25, 0.3) is 11.8 Å². The van der Waals surface area contributed by atoms with Gasteiger partial charge < -0.3 is 15.4 Å². The molecule has 0 saturated carbocycles. The lowest BCUT2D eigenvalue weighted by Gasteiger charge is -2.14. The predicted molar refractivity (Wildman–Crippen MR) is 90.0 cm³/mol. The molecule has 0 saturated heterocycles. The van der Waals surface area contributed by atoms with Crippen molar-refractivity contribution in [2.24, 2.45) is 0 Å². The van der Waals surface area contributed by atoms with E-state index < -0.39 is 0 Å². The SMILES string of the molecule is CNC(=O)c1ccc(NC(=O)c2ccccc2OC(C)C)cc1. The van der Waals surface area contributed by atoms with Crippen LogP contribution in [0.15, 0.2) is 48.5 Å². The van der Waals surface area contributed by atoms with Crippen LogP contribution in [0.25, 0.3) is 0 Å². The molecular weight excluding hydrogens is 292 g/mol. The van der Waals surface area contributed by atoms with Crippen molar-refractivity contribution in [2.45, 2.75) is 20.0 Å². The van der Waals surface area contributed by atoms with Crippen LogP contribution in [0, 0.1) is 0 Å². The largest absolute Gasteiger partial charge is 0.490 e. The third-order valence-electron chi connectivity index (χ3n) is 3.13. The maximum Gasteiger partial charge on any atom is 0.259 e. The Bertz CT molecular complexity index is 694. The number of anilines is 1. The van der Waals surface area contributed by atoms with Crippen molar-refractivity contribution in [3.05, 3.63) is 59.7 Å². The fraction of sp³-hybridized carbons (Fsp3) is 0.222. The first kappa shape index (κ1) is 16.5. The summed E-state index contributed by atoms with van der Waals surface area (Å²) in [4.78, 5) is 23.9. The Morgan fingerprint density at radius 3 is 2.22 bits per heavy atom. The Hall–Kier alpha value is -2.82. The monoisotopic (exact) mass is 312 g/mol. The fourth-order valence-electron chi connectivity index (χ4n) is 2.06. The highest BCUT2D eigenvalue weighted by atomic mass is 16.5. The zero-order valence-corrected chi connectivity index (χ0v) is 13.4. The molecule has 120 valence electrons. The molecule has 2 aromatic rings. The lowest BCUT2D eigenvalue weighted by molar-refractivity contribution is 0.0962. The average Bonchev–Trinajstić information content (AvgIpc) is 2.54. The molecule has 2 rings (SSSR count). The smallest absolute Gasteiger partial charge is 0.259 e. The highest BCUT2D eigenvalue weighted by Crippen LogP contribution is 2.21. The van der Waals surface area contributed by atoms with Gasteiger partial charge in [-0.1, -0.05) is 12.1 Å². The summed E-state index contributed by atoms with van der Waals surface area (Å²) in [6.45, 7) is 3.82. The van der Waals surface area contributed by atoms with Gasteiger partial charge in [0, 0.05) is 18.3 Å². The van der Waals surface area contributed by atoms with Gasteiger partial charge in [0.1, 0.15) is 5.75 Å². The van der Waals surface area contributed by atoms with E-state index in [1.807, 2.05) is 19.9 Å². The van der Waals surface area contributed by atoms with Crippen molar-refractivity contribution in [1.82, 2.24) is 5.32 Å². The Morgan fingerprint density at radius 2 is 1.61 bits per heavy atom. The van der Waals surface area contributed by atoms with Gasteiger partial charge in [-0.15, -0.1) is 0 Å². The lowest BCUT2D eigenvalue weighted by atomic mass is 10.1. The van der Waals surface area contributed by atoms with Crippen LogP contribution in [0.3, 0.4) is 0 Å². The van der Waals surface area contributed by atoms with E-state index in [4.69, 9.17) is 4.74 Å². The van der Waals surface area contributed by atoms with Crippen molar-refractivity contribution < 1.29 is 14.3 Å². The van der Waals surface area contributed by atoms with Crippen LogP contribution in [-0.2, 0) is 0 Å². The van der Waals surface area contributed by atoms with Gasteiger partial charge in [-0.3, -0.25) is 9.59 Å². The predicted octanol–water partition coefficient (Wildman–Crippen LogP) is 3.09. The highest BCUT2D eigenvalue weighted by Gasteiger charge is 2.13. The van der Waals surface area contributed by atoms with Gasteiger partial charge in [0.05, 0.1) is 11.7 Å². The van der Waals surface area contributed by atoms with Crippen LogP contribution in [0.1, 0.15) is 34.6 Å². The number of rotatable bonds is 5. The maximum atomic E-state index is 12.4. The first-order valence-electron chi connectivity index (χ1n) is 7.40. The quantitative estimate of drug-likeness (QED) is 0.891. The van der Waals surface area contributed by atoms with E-state index in [1.165, 1.54) is 0 Å². The Morgan fingerprint density at radius 1 is 0.957 bits per heavy atom. The second-order valence-electron chi connectivity index (χ2n) is 5.27. The highest BCUT2D eigenvalue weighted by molar-refractivity contribution is 6.06. The van der Waals surface area contributed by atoms with E-state index in [0.717, 1.165) is 0 Å². The molecule has 5 heteroatoms. The van der Waals surface area contributed by atoms with Crippen LogP contribution in [0.4, 0.5) is 5.69 Å². The van der Waals surface area contributed by atoms with Crippen LogP contribution in [-0.4, -0.2) is 25.0 Å². The maximum absolute atomic E-state index is 12.4. The van der Waals surface area contributed by atoms with E-state index in [2.05, 4.69) is 10.6 Å². The summed E-state index contributed by atoms with van der Waals surface area (Å²) < 4.78 is 5.66.